The molecule has 2 heterocycles. The highest BCUT2D eigenvalue weighted by atomic mass is 16.4. The van der Waals surface area contributed by atoms with Gasteiger partial charge in [-0.05, 0) is 24.8 Å². The zero-order valence-electron chi connectivity index (χ0n) is 10.4. The highest BCUT2D eigenvalue weighted by Gasteiger charge is 2.31. The molecule has 0 unspecified atom stereocenters. The van der Waals surface area contributed by atoms with Gasteiger partial charge < -0.3 is 10.0 Å². The first-order valence-corrected chi connectivity index (χ1v) is 5.71. The van der Waals surface area contributed by atoms with Crippen molar-refractivity contribution in [2.75, 3.05) is 18.0 Å². The summed E-state index contributed by atoms with van der Waals surface area (Å²) in [6.07, 6.45) is 1.08. The predicted octanol–water partition coefficient (Wildman–Crippen LogP) is 1.72. The molecule has 0 saturated carbocycles. The number of aromatic carboxylic acids is 1. The van der Waals surface area contributed by atoms with Crippen LogP contribution in [0.2, 0.25) is 0 Å². The Labute approximate surface area is 100 Å². The molecule has 0 atom stereocenters. The Kier molecular flexibility index (Phi) is 2.77. The molecule has 0 aliphatic carbocycles. The molecule has 1 saturated heterocycles. The summed E-state index contributed by atoms with van der Waals surface area (Å²) in [7, 11) is 0. The summed E-state index contributed by atoms with van der Waals surface area (Å²) in [5, 5.41) is 8.97. The highest BCUT2D eigenvalue weighted by Crippen LogP contribution is 2.30. The monoisotopic (exact) mass is 235 g/mol. The first-order valence-electron chi connectivity index (χ1n) is 5.71. The number of hydrogen-bond acceptors (Lipinski definition) is 4. The van der Waals surface area contributed by atoms with Crippen LogP contribution >= 0.6 is 0 Å². The molecule has 0 bridgehead atoms. The van der Waals surface area contributed by atoms with Gasteiger partial charge in [-0.15, -0.1) is 0 Å². The molecule has 0 radical (unpaired) electrons. The van der Waals surface area contributed by atoms with Crippen LogP contribution < -0.4 is 4.90 Å². The van der Waals surface area contributed by atoms with Crippen molar-refractivity contribution in [2.24, 2.45) is 5.41 Å². The molecule has 1 fully saturated rings. The Morgan fingerprint density at radius 3 is 2.71 bits per heavy atom. The molecule has 1 aromatic rings. The number of hydrogen-bond donors (Lipinski definition) is 1. The van der Waals surface area contributed by atoms with Crippen molar-refractivity contribution in [1.82, 2.24) is 9.97 Å². The van der Waals surface area contributed by atoms with E-state index in [4.69, 9.17) is 5.11 Å². The second kappa shape index (κ2) is 3.98. The molecule has 5 nitrogen and oxygen atoms in total. The lowest BCUT2D eigenvalue weighted by Crippen LogP contribution is -2.25. The van der Waals surface area contributed by atoms with E-state index in [-0.39, 0.29) is 11.1 Å². The van der Waals surface area contributed by atoms with Gasteiger partial charge in [0.1, 0.15) is 0 Å². The molecule has 1 aliphatic rings. The van der Waals surface area contributed by atoms with Gasteiger partial charge in [-0.1, -0.05) is 13.8 Å². The molecule has 0 amide bonds. The van der Waals surface area contributed by atoms with Crippen LogP contribution in [0.1, 0.15) is 36.5 Å². The van der Waals surface area contributed by atoms with Gasteiger partial charge in [-0.3, -0.25) is 0 Å². The molecule has 17 heavy (non-hydrogen) atoms. The van der Waals surface area contributed by atoms with E-state index in [0.717, 1.165) is 19.5 Å². The molecule has 0 spiro atoms. The van der Waals surface area contributed by atoms with Crippen molar-refractivity contribution in [3.05, 3.63) is 17.5 Å². The first kappa shape index (κ1) is 11.8. The van der Waals surface area contributed by atoms with E-state index in [0.29, 0.717) is 11.6 Å². The fraction of sp³-hybridized carbons (Fsp3) is 0.583. The number of carboxylic acids is 1. The van der Waals surface area contributed by atoms with Crippen molar-refractivity contribution in [3.63, 3.8) is 0 Å². The van der Waals surface area contributed by atoms with Gasteiger partial charge in [0, 0.05) is 18.8 Å². The van der Waals surface area contributed by atoms with Crippen molar-refractivity contribution >= 4 is 11.9 Å². The third-order valence-electron chi connectivity index (χ3n) is 3.02. The average Bonchev–Trinajstić information content (AvgIpc) is 2.58. The Morgan fingerprint density at radius 2 is 2.18 bits per heavy atom. The molecular formula is C12H17N3O2. The fourth-order valence-corrected chi connectivity index (χ4v) is 2.09. The third-order valence-corrected chi connectivity index (χ3v) is 3.02. The summed E-state index contributed by atoms with van der Waals surface area (Å²) in [5.74, 6) is -0.469. The third kappa shape index (κ3) is 2.54. The lowest BCUT2D eigenvalue weighted by molar-refractivity contribution is 0.0690. The number of anilines is 1. The van der Waals surface area contributed by atoms with Crippen molar-refractivity contribution in [2.45, 2.75) is 27.2 Å². The normalized spacial score (nSPS) is 18.4. The zero-order chi connectivity index (χ0) is 12.6. The van der Waals surface area contributed by atoms with Crippen molar-refractivity contribution in [1.29, 1.82) is 0 Å². The first-order chi connectivity index (χ1) is 7.87. The summed E-state index contributed by atoms with van der Waals surface area (Å²) in [5.41, 5.74) is 1.01. The lowest BCUT2D eigenvalue weighted by Gasteiger charge is -2.20. The second-order valence-electron chi connectivity index (χ2n) is 5.34. The van der Waals surface area contributed by atoms with Gasteiger partial charge in [-0.2, -0.15) is 0 Å². The minimum Gasteiger partial charge on any atom is -0.477 e. The zero-order valence-corrected chi connectivity index (χ0v) is 10.4. The Balaban J connectivity index is 2.30. The maximum atomic E-state index is 10.9. The number of aryl methyl sites for hydroxylation is 1. The molecule has 1 N–H and O–H groups in total. The molecule has 92 valence electrons. The number of aromatic nitrogens is 2. The van der Waals surface area contributed by atoms with E-state index in [1.54, 1.807) is 6.92 Å². The van der Waals surface area contributed by atoms with Gasteiger partial charge >= 0.3 is 5.97 Å². The number of nitrogens with zero attached hydrogens (tertiary/aromatic N) is 3. The molecule has 5 heteroatoms. The highest BCUT2D eigenvalue weighted by molar-refractivity contribution is 5.85. The van der Waals surface area contributed by atoms with E-state index in [1.165, 1.54) is 6.07 Å². The predicted molar refractivity (Wildman–Crippen MR) is 64.3 cm³/mol. The van der Waals surface area contributed by atoms with E-state index in [1.807, 2.05) is 0 Å². The van der Waals surface area contributed by atoms with E-state index >= 15 is 0 Å². The van der Waals surface area contributed by atoms with Gasteiger partial charge in [0.05, 0.1) is 0 Å². The van der Waals surface area contributed by atoms with E-state index in [2.05, 4.69) is 28.7 Å². The summed E-state index contributed by atoms with van der Waals surface area (Å²) < 4.78 is 0. The Bertz CT molecular complexity index is 457. The maximum Gasteiger partial charge on any atom is 0.354 e. The van der Waals surface area contributed by atoms with Crippen LogP contribution in [0.3, 0.4) is 0 Å². The van der Waals surface area contributed by atoms with Crippen LogP contribution in [0.15, 0.2) is 6.07 Å². The summed E-state index contributed by atoms with van der Waals surface area (Å²) >= 11 is 0. The van der Waals surface area contributed by atoms with Gasteiger partial charge in [0.25, 0.3) is 0 Å². The lowest BCUT2D eigenvalue weighted by atomic mass is 9.93. The van der Waals surface area contributed by atoms with E-state index in [9.17, 15) is 4.79 Å². The molecular weight excluding hydrogens is 218 g/mol. The second-order valence-corrected chi connectivity index (χ2v) is 5.34. The van der Waals surface area contributed by atoms with Crippen LogP contribution in [0, 0.1) is 12.3 Å². The Hall–Kier alpha value is -1.65. The van der Waals surface area contributed by atoms with Crippen LogP contribution in [0.4, 0.5) is 5.95 Å². The smallest absolute Gasteiger partial charge is 0.354 e. The minimum absolute atomic E-state index is 0.0669. The topological polar surface area (TPSA) is 66.3 Å². The quantitative estimate of drug-likeness (QED) is 0.845. The van der Waals surface area contributed by atoms with E-state index < -0.39 is 5.97 Å². The van der Waals surface area contributed by atoms with Crippen molar-refractivity contribution < 1.29 is 9.90 Å². The molecule has 1 aliphatic heterocycles. The minimum atomic E-state index is -1.00. The fourth-order valence-electron chi connectivity index (χ4n) is 2.09. The average molecular weight is 235 g/mol. The van der Waals surface area contributed by atoms with Crippen LogP contribution in [0.25, 0.3) is 0 Å². The summed E-state index contributed by atoms with van der Waals surface area (Å²) in [6, 6.07) is 1.49. The molecule has 0 aromatic carbocycles. The number of carboxylic acid groups (broad SMARTS) is 1. The van der Waals surface area contributed by atoms with Gasteiger partial charge in [0.15, 0.2) is 5.69 Å². The summed E-state index contributed by atoms with van der Waals surface area (Å²) in [4.78, 5) is 21.4. The molecule has 1 aromatic heterocycles. The van der Waals surface area contributed by atoms with Crippen LogP contribution in [-0.2, 0) is 0 Å². The number of rotatable bonds is 2. The van der Waals surface area contributed by atoms with Crippen LogP contribution in [-0.4, -0.2) is 34.1 Å². The SMILES string of the molecule is Cc1cc(C(=O)O)nc(N2CCC(C)(C)C2)n1. The van der Waals surface area contributed by atoms with Crippen molar-refractivity contribution in [3.8, 4) is 0 Å². The van der Waals surface area contributed by atoms with Gasteiger partial charge in [-0.25, -0.2) is 14.8 Å². The largest absolute Gasteiger partial charge is 0.477 e. The molecule has 2 rings (SSSR count). The van der Waals surface area contributed by atoms with Crippen LogP contribution in [0.5, 0.6) is 0 Å². The summed E-state index contributed by atoms with van der Waals surface area (Å²) in [6.45, 7) is 7.94. The standard InChI is InChI=1S/C12H17N3O2/c1-8-6-9(10(16)17)14-11(13-8)15-5-4-12(2,3)7-15/h6H,4-5,7H2,1-3H3,(H,16,17). The maximum absolute atomic E-state index is 10.9. The number of carbonyl (C=O) groups is 1. The van der Waals surface area contributed by atoms with Gasteiger partial charge in [0.2, 0.25) is 5.95 Å². The Morgan fingerprint density at radius 1 is 1.47 bits per heavy atom.